The van der Waals surface area contributed by atoms with Gasteiger partial charge in [-0.25, -0.2) is 0 Å². The molecule has 0 aliphatic heterocycles. The molecule has 0 aliphatic rings. The van der Waals surface area contributed by atoms with Gasteiger partial charge < -0.3 is 0 Å². The van der Waals surface area contributed by atoms with Gasteiger partial charge in [-0.2, -0.15) is 0 Å². The van der Waals surface area contributed by atoms with E-state index in [-0.39, 0.29) is 0 Å². The Morgan fingerprint density at radius 2 is 2.00 bits per heavy atom. The van der Waals surface area contributed by atoms with E-state index < -0.39 is 10.5 Å². The summed E-state index contributed by atoms with van der Waals surface area (Å²) >= 11 is 0. The van der Waals surface area contributed by atoms with E-state index in [1.807, 2.05) is 0 Å². The summed E-state index contributed by atoms with van der Waals surface area (Å²) in [4.78, 5) is 0. The molecule has 0 bridgehead atoms. The Labute approximate surface area is 28.1 Å². The molecule has 0 aromatic carbocycles. The van der Waals surface area contributed by atoms with Crippen LogP contribution in [0.1, 0.15) is 0 Å². The summed E-state index contributed by atoms with van der Waals surface area (Å²) in [6, 6.07) is 0. The quantitative estimate of drug-likeness (QED) is 0.286. The normalized spacial score (nSPS) is 9.25. The van der Waals surface area contributed by atoms with Gasteiger partial charge in [-0.3, -0.25) is 0 Å². The summed E-state index contributed by atoms with van der Waals surface area (Å²) in [5.74, 6) is 0. The SMILES string of the molecule is B#[S-](C)F. The minimum atomic E-state index is -1.36. The third-order valence-electron chi connectivity index (χ3n) is 0. The zero-order chi connectivity index (χ0) is 3.58. The molecule has 0 nitrogen and oxygen atoms in total. The molecular weight excluding hydrogens is 73.9 g/mol. The van der Waals surface area contributed by atoms with Crippen LogP contribution in [0.25, 0.3) is 0 Å². The van der Waals surface area contributed by atoms with Gasteiger partial charge in [0, 0.05) is 0 Å². The average Bonchev–Trinajstić information content (AvgIpc) is 0.811. The molecule has 0 rings (SSSR count). The van der Waals surface area contributed by atoms with Crippen LogP contribution >= 0.6 is 0 Å². The molecule has 4 heavy (non-hydrogen) atoms. The van der Waals surface area contributed by atoms with Gasteiger partial charge in [-0.15, -0.1) is 0 Å². The summed E-state index contributed by atoms with van der Waals surface area (Å²) in [5.41, 5.74) is 0. The Morgan fingerprint density at radius 3 is 2.00 bits per heavy atom. The van der Waals surface area contributed by atoms with Gasteiger partial charge in [0.1, 0.15) is 0 Å². The summed E-state index contributed by atoms with van der Waals surface area (Å²) in [6.45, 7) is 4.47. The third-order valence-corrected chi connectivity index (χ3v) is 0. The van der Waals surface area contributed by atoms with E-state index in [4.69, 9.17) is 0 Å². The van der Waals surface area contributed by atoms with Crippen molar-refractivity contribution < 1.29 is 3.89 Å². The summed E-state index contributed by atoms with van der Waals surface area (Å²) in [6.07, 6.45) is 1.31. The molecule has 0 saturated heterocycles. The first-order valence-corrected chi connectivity index (χ1v) is 2.39. The standard InChI is InChI=1S/CH3BFS/c1-4(2)3/h1H3/q-1. The summed E-state index contributed by atoms with van der Waals surface area (Å²) in [7, 11) is -1.36. The van der Waals surface area contributed by atoms with E-state index in [0.717, 1.165) is 0 Å². The summed E-state index contributed by atoms with van der Waals surface area (Å²) < 4.78 is 10.8. The van der Waals surface area contributed by atoms with Gasteiger partial charge >= 0.3 is 27.2 Å². The molecule has 0 amide bonds. The predicted molar refractivity (Wildman–Crippen MR) is 20.2 cm³/mol. The van der Waals surface area contributed by atoms with Gasteiger partial charge in [0.05, 0.1) is 0 Å². The van der Waals surface area contributed by atoms with E-state index in [2.05, 4.69) is 6.53 Å². The molecule has 0 saturated carbocycles. The first-order chi connectivity index (χ1) is 1.73. The van der Waals surface area contributed by atoms with Crippen LogP contribution in [0, 0.1) is 0 Å². The number of hydrogen-bond acceptors (Lipinski definition) is 1. The van der Waals surface area contributed by atoms with Crippen LogP contribution in [-0.2, 0) is 10.5 Å². The van der Waals surface area contributed by atoms with Crippen LogP contribution < -0.4 is 0 Å². The maximum atomic E-state index is 10.8. The van der Waals surface area contributed by atoms with Crippen LogP contribution in [0.3, 0.4) is 0 Å². The second-order valence-electron chi connectivity index (χ2n) is 0.479. The second-order valence-corrected chi connectivity index (χ2v) is 1.44. The molecule has 0 aromatic heterocycles. The van der Waals surface area contributed by atoms with Gasteiger partial charge in [-0.05, 0) is 0 Å². The van der Waals surface area contributed by atoms with Crippen molar-refractivity contribution in [2.45, 2.75) is 0 Å². The Bertz CT molecular complexity index is 54.2. The molecule has 3 heteroatoms. The Kier molecular flexibility index (Phi) is 1.79. The van der Waals surface area contributed by atoms with E-state index in [1.54, 1.807) is 0 Å². The molecule has 24 valence electrons. The van der Waals surface area contributed by atoms with E-state index >= 15 is 0 Å². The summed E-state index contributed by atoms with van der Waals surface area (Å²) in [5, 5.41) is 0. The average molecular weight is 76.9 g/mol. The van der Waals surface area contributed by atoms with Gasteiger partial charge in [0.25, 0.3) is 0 Å². The number of rotatable bonds is 0. The number of hydrogen-bond donors (Lipinski definition) is 0. The first-order valence-electron chi connectivity index (χ1n) is 0.798. The number of halogens is 1. The molecular formula is CH3BFS-. The Hall–Kier alpha value is 0.345. The van der Waals surface area contributed by atoms with Crippen molar-refractivity contribution in [1.29, 1.82) is 0 Å². The second kappa shape index (κ2) is 1.64. The zero-order valence-corrected chi connectivity index (χ0v) is 3.18. The van der Waals surface area contributed by atoms with E-state index in [0.29, 0.717) is 0 Å². The first kappa shape index (κ1) is 4.34. The fraction of sp³-hybridized carbons (Fsp3) is 1.00. The van der Waals surface area contributed by atoms with E-state index in [1.165, 1.54) is 6.26 Å². The third kappa shape index (κ3) is 35.6. The fourth-order valence-corrected chi connectivity index (χ4v) is 0. The minimum absolute atomic E-state index is 1.31. The van der Waals surface area contributed by atoms with Crippen LogP contribution in [0.15, 0.2) is 0 Å². The van der Waals surface area contributed by atoms with Crippen molar-refractivity contribution >= 4 is 17.0 Å². The Balaban J connectivity index is 3.02. The molecule has 0 unspecified atom stereocenters. The van der Waals surface area contributed by atoms with Crippen LogP contribution in [0.5, 0.6) is 0 Å². The molecule has 0 N–H and O–H groups in total. The van der Waals surface area contributed by atoms with Crippen molar-refractivity contribution in [3.05, 3.63) is 0 Å². The van der Waals surface area contributed by atoms with Crippen LogP contribution in [0.4, 0.5) is 3.89 Å². The monoisotopic (exact) mass is 77.0 g/mol. The topological polar surface area (TPSA) is 0 Å². The van der Waals surface area contributed by atoms with Crippen molar-refractivity contribution in [1.82, 2.24) is 0 Å². The van der Waals surface area contributed by atoms with Gasteiger partial charge in [0.2, 0.25) is 0 Å². The fourth-order valence-electron chi connectivity index (χ4n) is 0. The van der Waals surface area contributed by atoms with Crippen molar-refractivity contribution in [2.75, 3.05) is 6.26 Å². The Morgan fingerprint density at radius 1 is 2.00 bits per heavy atom. The van der Waals surface area contributed by atoms with Gasteiger partial charge in [-0.1, -0.05) is 0 Å². The zero-order valence-electron chi connectivity index (χ0n) is 2.36. The van der Waals surface area contributed by atoms with Crippen molar-refractivity contribution in [2.24, 2.45) is 0 Å². The van der Waals surface area contributed by atoms with Gasteiger partial charge in [0.15, 0.2) is 0 Å². The molecule has 0 aliphatic carbocycles. The molecule has 0 spiro atoms. The van der Waals surface area contributed by atoms with Crippen molar-refractivity contribution in [3.63, 3.8) is 0 Å². The van der Waals surface area contributed by atoms with Crippen molar-refractivity contribution in [3.8, 4) is 0 Å². The predicted octanol–water partition coefficient (Wildman–Crippen LogP) is 0.203. The molecule has 0 atom stereocenters. The van der Waals surface area contributed by atoms with Crippen LogP contribution in [0.2, 0.25) is 0 Å². The van der Waals surface area contributed by atoms with E-state index in [9.17, 15) is 3.89 Å². The molecule has 0 radical (unpaired) electrons. The molecule has 0 fully saturated rings. The maximum absolute atomic E-state index is 10.8. The molecule has 0 aromatic rings. The van der Waals surface area contributed by atoms with Crippen LogP contribution in [-0.4, -0.2) is 12.8 Å². The molecule has 0 heterocycles.